The molecular formula is C18H17ClN2O5. The predicted octanol–water partition coefficient (Wildman–Crippen LogP) is 4.11. The Labute approximate surface area is 154 Å². The molecule has 1 atom stereocenters. The minimum Gasteiger partial charge on any atom is -0.511 e. The fourth-order valence-corrected chi connectivity index (χ4v) is 3.13. The first kappa shape index (κ1) is 17.9. The van der Waals surface area contributed by atoms with Crippen LogP contribution < -0.4 is 4.74 Å². The molecule has 0 aliphatic heterocycles. The van der Waals surface area contributed by atoms with Gasteiger partial charge < -0.3 is 20.1 Å². The highest BCUT2D eigenvalue weighted by Gasteiger charge is 2.29. The number of aromatic carboxylic acids is 1. The standard InChI is InChI=1S/C18H17ClN2O5/c1-26-10-4-2-9(3-5-10)15-16(20-21-17(15)18(24)25)11-6-7-12(19)14(23)8-13(11)22/h2-5,8,11,22-23H,6-7H2,1H3,(H,20,21)(H,24,25). The van der Waals surface area contributed by atoms with Crippen LogP contribution >= 0.6 is 11.6 Å². The lowest BCUT2D eigenvalue weighted by molar-refractivity contribution is 0.0691. The van der Waals surface area contributed by atoms with Crippen LogP contribution in [0.4, 0.5) is 0 Å². The molecule has 0 amide bonds. The van der Waals surface area contributed by atoms with Gasteiger partial charge in [0.2, 0.25) is 0 Å². The van der Waals surface area contributed by atoms with Crippen molar-refractivity contribution in [1.29, 1.82) is 0 Å². The maximum Gasteiger partial charge on any atom is 0.357 e. The van der Waals surface area contributed by atoms with Crippen LogP contribution in [0.25, 0.3) is 11.1 Å². The van der Waals surface area contributed by atoms with E-state index < -0.39 is 11.9 Å². The molecule has 1 aromatic carbocycles. The number of H-pyrrole nitrogens is 1. The first-order valence-corrected chi connectivity index (χ1v) is 8.24. The maximum absolute atomic E-state index is 11.6. The molecule has 8 heteroatoms. The molecule has 1 aromatic heterocycles. The Morgan fingerprint density at radius 3 is 2.62 bits per heavy atom. The van der Waals surface area contributed by atoms with E-state index in [-0.39, 0.29) is 22.2 Å². The minimum absolute atomic E-state index is 0.117. The number of hydrogen-bond donors (Lipinski definition) is 4. The van der Waals surface area contributed by atoms with E-state index in [0.29, 0.717) is 35.4 Å². The van der Waals surface area contributed by atoms with Gasteiger partial charge in [-0.1, -0.05) is 23.7 Å². The summed E-state index contributed by atoms with van der Waals surface area (Å²) in [5, 5.41) is 36.6. The molecule has 3 rings (SSSR count). The lowest BCUT2D eigenvalue weighted by atomic mass is 9.91. The summed E-state index contributed by atoms with van der Waals surface area (Å²) in [4.78, 5) is 11.6. The van der Waals surface area contributed by atoms with Gasteiger partial charge in [0.1, 0.15) is 17.3 Å². The number of carbonyl (C=O) groups is 1. The largest absolute Gasteiger partial charge is 0.511 e. The fraction of sp³-hybridized carbons (Fsp3) is 0.222. The average molecular weight is 377 g/mol. The van der Waals surface area contributed by atoms with Crippen molar-refractivity contribution < 1.29 is 24.9 Å². The first-order valence-electron chi connectivity index (χ1n) is 7.86. The molecule has 0 radical (unpaired) electrons. The molecular weight excluding hydrogens is 360 g/mol. The zero-order chi connectivity index (χ0) is 18.8. The fourth-order valence-electron chi connectivity index (χ4n) is 2.97. The second-order valence-electron chi connectivity index (χ2n) is 5.85. The third kappa shape index (κ3) is 3.25. The van der Waals surface area contributed by atoms with E-state index in [0.717, 1.165) is 0 Å². The smallest absolute Gasteiger partial charge is 0.357 e. The summed E-state index contributed by atoms with van der Waals surface area (Å²) in [5.41, 5.74) is 1.29. The number of rotatable bonds is 4. The summed E-state index contributed by atoms with van der Waals surface area (Å²) in [5.74, 6) is -1.45. The number of nitrogens with one attached hydrogen (secondary N) is 1. The van der Waals surface area contributed by atoms with Gasteiger partial charge in [-0.05, 0) is 30.5 Å². The molecule has 7 nitrogen and oxygen atoms in total. The van der Waals surface area contributed by atoms with E-state index in [4.69, 9.17) is 16.3 Å². The highest BCUT2D eigenvalue weighted by molar-refractivity contribution is 6.30. The highest BCUT2D eigenvalue weighted by atomic mass is 35.5. The quantitative estimate of drug-likeness (QED) is 0.638. The van der Waals surface area contributed by atoms with Gasteiger partial charge in [0.25, 0.3) is 0 Å². The Morgan fingerprint density at radius 1 is 1.31 bits per heavy atom. The number of carboxylic acids is 1. The van der Waals surface area contributed by atoms with Crippen LogP contribution in [-0.4, -0.2) is 38.6 Å². The zero-order valence-corrected chi connectivity index (χ0v) is 14.6. The van der Waals surface area contributed by atoms with Gasteiger partial charge in [-0.2, -0.15) is 5.10 Å². The highest BCUT2D eigenvalue weighted by Crippen LogP contribution is 2.39. The van der Waals surface area contributed by atoms with E-state index in [2.05, 4.69) is 10.2 Å². The summed E-state index contributed by atoms with van der Waals surface area (Å²) < 4.78 is 5.13. The number of aliphatic hydroxyl groups is 2. The number of carboxylic acid groups (broad SMARTS) is 1. The summed E-state index contributed by atoms with van der Waals surface area (Å²) in [6.45, 7) is 0. The van der Waals surface area contributed by atoms with E-state index in [1.807, 2.05) is 0 Å². The average Bonchev–Trinajstić information content (AvgIpc) is 3.01. The van der Waals surface area contributed by atoms with Gasteiger partial charge >= 0.3 is 5.97 Å². The van der Waals surface area contributed by atoms with Gasteiger partial charge in [-0.25, -0.2) is 4.79 Å². The molecule has 4 N–H and O–H groups in total. The number of hydrogen-bond acceptors (Lipinski definition) is 5. The molecule has 0 saturated heterocycles. The molecule has 0 saturated carbocycles. The summed E-state index contributed by atoms with van der Waals surface area (Å²) >= 11 is 5.98. The third-order valence-corrected chi connectivity index (χ3v) is 4.68. The van der Waals surface area contributed by atoms with Crippen molar-refractivity contribution in [3.63, 3.8) is 0 Å². The number of benzene rings is 1. The maximum atomic E-state index is 11.6. The molecule has 1 aliphatic carbocycles. The van der Waals surface area contributed by atoms with Crippen molar-refractivity contribution in [2.75, 3.05) is 7.11 Å². The van der Waals surface area contributed by atoms with Crippen LogP contribution in [0.15, 0.2) is 46.9 Å². The zero-order valence-electron chi connectivity index (χ0n) is 13.9. The van der Waals surface area contributed by atoms with Gasteiger partial charge in [0.05, 0.1) is 23.8 Å². The monoisotopic (exact) mass is 376 g/mol. The number of aromatic nitrogens is 2. The normalized spacial score (nSPS) is 17.6. The van der Waals surface area contributed by atoms with Crippen molar-refractivity contribution in [2.45, 2.75) is 18.8 Å². The number of nitrogens with zero attached hydrogens (tertiary/aromatic N) is 1. The Balaban J connectivity index is 2.11. The van der Waals surface area contributed by atoms with Gasteiger partial charge in [0.15, 0.2) is 5.69 Å². The molecule has 1 heterocycles. The van der Waals surface area contributed by atoms with Crippen LogP contribution in [0.3, 0.4) is 0 Å². The van der Waals surface area contributed by atoms with E-state index in [1.54, 1.807) is 31.4 Å². The van der Waals surface area contributed by atoms with Crippen LogP contribution in [-0.2, 0) is 0 Å². The number of ether oxygens (including phenoxy) is 1. The second kappa shape index (κ2) is 7.13. The summed E-state index contributed by atoms with van der Waals surface area (Å²) in [6, 6.07) is 6.87. The SMILES string of the molecule is COc1ccc(-c2c(C(=O)O)n[nH]c2C2CCC(Cl)=C(O)C=C2O)cc1. The topological polar surface area (TPSA) is 116 Å². The molecule has 0 bridgehead atoms. The van der Waals surface area contributed by atoms with E-state index >= 15 is 0 Å². The van der Waals surface area contributed by atoms with Crippen molar-refractivity contribution >= 4 is 17.6 Å². The van der Waals surface area contributed by atoms with E-state index in [9.17, 15) is 20.1 Å². The van der Waals surface area contributed by atoms with Crippen LogP contribution in [0, 0.1) is 0 Å². The Bertz CT molecular complexity index is 899. The number of aromatic amines is 1. The third-order valence-electron chi connectivity index (χ3n) is 4.30. The Kier molecular flexibility index (Phi) is 4.90. The van der Waals surface area contributed by atoms with Gasteiger partial charge in [0, 0.05) is 11.6 Å². The van der Waals surface area contributed by atoms with E-state index in [1.165, 1.54) is 6.08 Å². The first-order chi connectivity index (χ1) is 12.4. The number of aliphatic hydroxyl groups excluding tert-OH is 2. The molecule has 1 aliphatic rings. The molecule has 136 valence electrons. The Morgan fingerprint density at radius 2 is 2.00 bits per heavy atom. The molecule has 1 unspecified atom stereocenters. The Hall–Kier alpha value is -2.93. The summed E-state index contributed by atoms with van der Waals surface area (Å²) in [6.07, 6.45) is 1.90. The van der Waals surface area contributed by atoms with Gasteiger partial charge in [-0.3, -0.25) is 5.10 Å². The van der Waals surface area contributed by atoms with Crippen LogP contribution in [0.5, 0.6) is 5.75 Å². The molecule has 0 spiro atoms. The van der Waals surface area contributed by atoms with Crippen molar-refractivity contribution in [2.24, 2.45) is 0 Å². The lowest BCUT2D eigenvalue weighted by Gasteiger charge is -2.15. The van der Waals surface area contributed by atoms with Crippen molar-refractivity contribution in [3.8, 4) is 16.9 Å². The van der Waals surface area contributed by atoms with Crippen LogP contribution in [0.2, 0.25) is 0 Å². The lowest BCUT2D eigenvalue weighted by Crippen LogP contribution is -2.05. The second-order valence-corrected chi connectivity index (χ2v) is 6.30. The molecule has 26 heavy (non-hydrogen) atoms. The minimum atomic E-state index is -1.19. The van der Waals surface area contributed by atoms with Gasteiger partial charge in [-0.15, -0.1) is 0 Å². The predicted molar refractivity (Wildman–Crippen MR) is 95.7 cm³/mol. The van der Waals surface area contributed by atoms with Crippen LogP contribution in [0.1, 0.15) is 34.9 Å². The van der Waals surface area contributed by atoms with Crippen molar-refractivity contribution in [3.05, 3.63) is 58.3 Å². The van der Waals surface area contributed by atoms with Crippen molar-refractivity contribution in [1.82, 2.24) is 10.2 Å². The number of methoxy groups -OCH3 is 1. The molecule has 0 fully saturated rings. The number of halogens is 1. The summed E-state index contributed by atoms with van der Waals surface area (Å²) in [7, 11) is 1.54. The number of allylic oxidation sites excluding steroid dienone is 3. The molecule has 2 aromatic rings.